The third-order valence-corrected chi connectivity index (χ3v) is 4.19. The second kappa shape index (κ2) is 5.68. The lowest BCUT2D eigenvalue weighted by atomic mass is 9.88. The van der Waals surface area contributed by atoms with Crippen molar-refractivity contribution in [3.8, 4) is 5.75 Å². The van der Waals surface area contributed by atoms with Crippen LogP contribution in [0.5, 0.6) is 5.75 Å². The maximum absolute atomic E-state index is 5.42. The summed E-state index contributed by atoms with van der Waals surface area (Å²) in [5, 5.41) is 0. The molecule has 1 aliphatic heterocycles. The zero-order valence-corrected chi connectivity index (χ0v) is 12.2. The Morgan fingerprint density at radius 2 is 1.90 bits per heavy atom. The van der Waals surface area contributed by atoms with Crippen LogP contribution in [0.25, 0.3) is 0 Å². The number of hydrogen-bond donors (Lipinski definition) is 0. The maximum atomic E-state index is 5.42. The summed E-state index contributed by atoms with van der Waals surface area (Å²) in [6.45, 7) is 2.17. The third-order valence-electron chi connectivity index (χ3n) is 4.19. The number of methoxy groups -OCH3 is 1. The fourth-order valence-corrected chi connectivity index (χ4v) is 3.03. The molecule has 0 aliphatic carbocycles. The fraction of sp³-hybridized carbons (Fsp3) is 0.333. The maximum Gasteiger partial charge on any atom is 0.119 e. The zero-order chi connectivity index (χ0) is 13.9. The summed E-state index contributed by atoms with van der Waals surface area (Å²) >= 11 is 0. The first-order valence-electron chi connectivity index (χ1n) is 7.18. The van der Waals surface area contributed by atoms with E-state index in [1.807, 2.05) is 0 Å². The highest BCUT2D eigenvalue weighted by Crippen LogP contribution is 2.33. The minimum absolute atomic E-state index is 0.425. The molecular formula is C18H21NO. The van der Waals surface area contributed by atoms with Crippen molar-refractivity contribution in [2.75, 3.05) is 27.2 Å². The van der Waals surface area contributed by atoms with Crippen LogP contribution in [0.15, 0.2) is 48.5 Å². The number of ether oxygens (including phenoxy) is 1. The molecule has 0 bridgehead atoms. The van der Waals surface area contributed by atoms with Gasteiger partial charge >= 0.3 is 0 Å². The van der Waals surface area contributed by atoms with E-state index in [2.05, 4.69) is 60.5 Å². The summed E-state index contributed by atoms with van der Waals surface area (Å²) < 4.78 is 5.42. The van der Waals surface area contributed by atoms with Gasteiger partial charge < -0.3 is 9.64 Å². The van der Waals surface area contributed by atoms with Gasteiger partial charge in [-0.2, -0.15) is 0 Å². The molecule has 0 aromatic heterocycles. The van der Waals surface area contributed by atoms with Gasteiger partial charge in [-0.15, -0.1) is 0 Å². The van der Waals surface area contributed by atoms with Gasteiger partial charge in [0.25, 0.3) is 0 Å². The van der Waals surface area contributed by atoms with E-state index in [-0.39, 0.29) is 0 Å². The number of fused-ring (bicyclic) bond motifs is 1. The van der Waals surface area contributed by atoms with Crippen LogP contribution in [-0.2, 0) is 6.42 Å². The first-order chi connectivity index (χ1) is 9.78. The van der Waals surface area contributed by atoms with Crippen LogP contribution in [0.4, 0.5) is 0 Å². The minimum atomic E-state index is 0.425. The van der Waals surface area contributed by atoms with Crippen molar-refractivity contribution in [1.82, 2.24) is 4.90 Å². The van der Waals surface area contributed by atoms with Crippen LogP contribution in [0.2, 0.25) is 0 Å². The molecule has 2 heteroatoms. The van der Waals surface area contributed by atoms with Crippen LogP contribution in [0.3, 0.4) is 0 Å². The molecule has 1 unspecified atom stereocenters. The van der Waals surface area contributed by atoms with E-state index < -0.39 is 0 Å². The van der Waals surface area contributed by atoms with Gasteiger partial charge in [-0.25, -0.2) is 0 Å². The molecule has 0 spiro atoms. The van der Waals surface area contributed by atoms with Crippen molar-refractivity contribution in [3.05, 3.63) is 65.2 Å². The highest BCUT2D eigenvalue weighted by atomic mass is 16.5. The summed E-state index contributed by atoms with van der Waals surface area (Å²) in [6, 6.07) is 17.3. The van der Waals surface area contributed by atoms with Gasteiger partial charge in [0.05, 0.1) is 7.11 Å². The molecule has 1 atom stereocenters. The van der Waals surface area contributed by atoms with Gasteiger partial charge in [-0.05, 0) is 42.3 Å². The summed E-state index contributed by atoms with van der Waals surface area (Å²) in [4.78, 5) is 2.42. The second-order valence-electron chi connectivity index (χ2n) is 5.54. The molecule has 2 aromatic rings. The number of rotatable bonds is 2. The average molecular weight is 267 g/mol. The van der Waals surface area contributed by atoms with Gasteiger partial charge in [0.15, 0.2) is 0 Å². The molecule has 0 saturated heterocycles. The molecule has 0 fully saturated rings. The number of hydrogen-bond acceptors (Lipinski definition) is 2. The van der Waals surface area contributed by atoms with Crippen molar-refractivity contribution in [2.24, 2.45) is 0 Å². The SMILES string of the molecule is COc1ccc2c(c1)C(c1ccccc1)CN(C)CC2. The van der Waals surface area contributed by atoms with E-state index in [4.69, 9.17) is 4.74 Å². The van der Waals surface area contributed by atoms with Gasteiger partial charge in [-0.1, -0.05) is 36.4 Å². The van der Waals surface area contributed by atoms with E-state index in [1.54, 1.807) is 7.11 Å². The first kappa shape index (κ1) is 13.2. The van der Waals surface area contributed by atoms with Crippen LogP contribution in [0, 0.1) is 0 Å². The Morgan fingerprint density at radius 1 is 1.10 bits per heavy atom. The molecule has 20 heavy (non-hydrogen) atoms. The predicted octanol–water partition coefficient (Wildman–Crippen LogP) is 3.32. The Hall–Kier alpha value is -1.80. The molecule has 1 heterocycles. The summed E-state index contributed by atoms with van der Waals surface area (Å²) in [5.41, 5.74) is 4.25. The summed E-state index contributed by atoms with van der Waals surface area (Å²) in [6.07, 6.45) is 1.11. The standard InChI is InChI=1S/C18H21NO/c1-19-11-10-15-8-9-16(20-2)12-17(15)18(13-19)14-6-4-3-5-7-14/h3-9,12,18H,10-11,13H2,1-2H3. The first-order valence-corrected chi connectivity index (χ1v) is 7.18. The molecule has 2 aromatic carbocycles. The summed E-state index contributed by atoms with van der Waals surface area (Å²) in [5.74, 6) is 1.38. The predicted molar refractivity (Wildman–Crippen MR) is 82.5 cm³/mol. The fourth-order valence-electron chi connectivity index (χ4n) is 3.03. The zero-order valence-electron chi connectivity index (χ0n) is 12.2. The van der Waals surface area contributed by atoms with Crippen molar-refractivity contribution in [2.45, 2.75) is 12.3 Å². The van der Waals surface area contributed by atoms with Crippen LogP contribution >= 0.6 is 0 Å². The van der Waals surface area contributed by atoms with Gasteiger partial charge in [0, 0.05) is 19.0 Å². The average Bonchev–Trinajstić information content (AvgIpc) is 2.67. The van der Waals surface area contributed by atoms with E-state index in [9.17, 15) is 0 Å². The van der Waals surface area contributed by atoms with Crippen molar-refractivity contribution < 1.29 is 4.74 Å². The molecule has 0 N–H and O–H groups in total. The Kier molecular flexibility index (Phi) is 3.75. The topological polar surface area (TPSA) is 12.5 Å². The van der Waals surface area contributed by atoms with Gasteiger partial charge in [-0.3, -0.25) is 0 Å². The van der Waals surface area contributed by atoms with Crippen LogP contribution < -0.4 is 4.74 Å². The largest absolute Gasteiger partial charge is 0.497 e. The van der Waals surface area contributed by atoms with Crippen LogP contribution in [-0.4, -0.2) is 32.1 Å². The van der Waals surface area contributed by atoms with Gasteiger partial charge in [0.1, 0.15) is 5.75 Å². The number of nitrogens with zero attached hydrogens (tertiary/aromatic N) is 1. The molecule has 0 amide bonds. The van der Waals surface area contributed by atoms with Gasteiger partial charge in [0.2, 0.25) is 0 Å². The molecule has 2 nitrogen and oxygen atoms in total. The second-order valence-corrected chi connectivity index (χ2v) is 5.54. The van der Waals surface area contributed by atoms with Crippen molar-refractivity contribution >= 4 is 0 Å². The lowest BCUT2D eigenvalue weighted by molar-refractivity contribution is 0.338. The third kappa shape index (κ3) is 2.56. The lowest BCUT2D eigenvalue weighted by Crippen LogP contribution is -2.24. The monoisotopic (exact) mass is 267 g/mol. The van der Waals surface area contributed by atoms with Crippen molar-refractivity contribution in [3.63, 3.8) is 0 Å². The van der Waals surface area contributed by atoms with E-state index in [1.165, 1.54) is 16.7 Å². The molecule has 0 radical (unpaired) electrons. The van der Waals surface area contributed by atoms with Crippen molar-refractivity contribution in [1.29, 1.82) is 0 Å². The Labute approximate surface area is 121 Å². The van der Waals surface area contributed by atoms with E-state index in [0.717, 1.165) is 25.3 Å². The quantitative estimate of drug-likeness (QED) is 0.827. The Balaban J connectivity index is 2.08. The van der Waals surface area contributed by atoms with Crippen LogP contribution in [0.1, 0.15) is 22.6 Å². The highest BCUT2D eigenvalue weighted by Gasteiger charge is 2.23. The molecule has 104 valence electrons. The smallest absolute Gasteiger partial charge is 0.119 e. The number of benzene rings is 2. The minimum Gasteiger partial charge on any atom is -0.497 e. The van der Waals surface area contributed by atoms with E-state index >= 15 is 0 Å². The normalized spacial score (nSPS) is 19.2. The molecule has 0 saturated carbocycles. The Bertz CT molecular complexity index is 579. The Morgan fingerprint density at radius 3 is 2.65 bits per heavy atom. The van der Waals surface area contributed by atoms with E-state index in [0.29, 0.717) is 5.92 Å². The molecule has 1 aliphatic rings. The number of likely N-dealkylation sites (N-methyl/N-ethyl adjacent to an activating group) is 1. The molecule has 3 rings (SSSR count). The molecular weight excluding hydrogens is 246 g/mol. The summed E-state index contributed by atoms with van der Waals surface area (Å²) in [7, 11) is 3.95. The highest BCUT2D eigenvalue weighted by molar-refractivity contribution is 5.44. The lowest BCUT2D eigenvalue weighted by Gasteiger charge is -2.22.